The first kappa shape index (κ1) is 6.14. The molecule has 0 unspecified atom stereocenters. The Morgan fingerprint density at radius 2 is 2.22 bits per heavy atom. The van der Waals surface area contributed by atoms with E-state index in [0.29, 0.717) is 0 Å². The normalized spacial score (nSPS) is 18.3. The van der Waals surface area contributed by atoms with Gasteiger partial charge in [-0.3, -0.25) is 0 Å². The van der Waals surface area contributed by atoms with Crippen LogP contribution in [0.15, 0.2) is 35.6 Å². The average Bonchev–Trinajstić information content (AvgIpc) is 1.97. The molecule has 0 aliphatic heterocycles. The molecule has 48 valence electrons. The topological polar surface area (TPSA) is 26.0 Å². The summed E-state index contributed by atoms with van der Waals surface area (Å²) in [6.45, 7) is 2.10. The van der Waals surface area contributed by atoms with Gasteiger partial charge in [0.25, 0.3) is 0 Å². The van der Waals surface area contributed by atoms with Crippen molar-refractivity contribution in [1.29, 1.82) is 0 Å². The monoisotopic (exact) mass is 121 g/mol. The van der Waals surface area contributed by atoms with Crippen molar-refractivity contribution in [1.82, 2.24) is 0 Å². The van der Waals surface area contributed by atoms with E-state index in [1.54, 1.807) is 0 Å². The van der Waals surface area contributed by atoms with Gasteiger partial charge in [0.05, 0.1) is 0 Å². The van der Waals surface area contributed by atoms with Gasteiger partial charge in [-0.15, -0.1) is 0 Å². The highest BCUT2D eigenvalue weighted by atomic mass is 14.5. The summed E-state index contributed by atoms with van der Waals surface area (Å²) in [6, 6.07) is 0. The molecule has 0 saturated heterocycles. The van der Waals surface area contributed by atoms with Gasteiger partial charge < -0.3 is 5.73 Å². The van der Waals surface area contributed by atoms with E-state index >= 15 is 0 Å². The van der Waals surface area contributed by atoms with Crippen LogP contribution in [0.1, 0.15) is 13.3 Å². The lowest BCUT2D eigenvalue weighted by Crippen LogP contribution is -1.89. The van der Waals surface area contributed by atoms with E-state index in [2.05, 4.69) is 19.1 Å². The van der Waals surface area contributed by atoms with Crippen molar-refractivity contribution in [3.05, 3.63) is 35.6 Å². The van der Waals surface area contributed by atoms with E-state index in [1.165, 1.54) is 5.57 Å². The smallest absolute Gasteiger partial charge is 0.0310 e. The maximum absolute atomic E-state index is 5.53. The number of hydrogen-bond donors (Lipinski definition) is 1. The van der Waals surface area contributed by atoms with Gasteiger partial charge in [-0.05, 0) is 25.5 Å². The Morgan fingerprint density at radius 3 is 3.00 bits per heavy atom. The Hall–Kier alpha value is -0.980. The second-order valence-electron chi connectivity index (χ2n) is 2.29. The first-order valence-corrected chi connectivity index (χ1v) is 3.08. The van der Waals surface area contributed by atoms with Crippen molar-refractivity contribution in [2.45, 2.75) is 13.3 Å². The molecule has 0 amide bonds. The fraction of sp³-hybridized carbons (Fsp3) is 0.250. The molecular weight excluding hydrogens is 110 g/mol. The van der Waals surface area contributed by atoms with Crippen LogP contribution in [0.2, 0.25) is 0 Å². The molecule has 0 spiro atoms. The predicted molar refractivity (Wildman–Crippen MR) is 39.8 cm³/mol. The van der Waals surface area contributed by atoms with E-state index < -0.39 is 0 Å². The first-order valence-electron chi connectivity index (χ1n) is 3.08. The van der Waals surface area contributed by atoms with Gasteiger partial charge >= 0.3 is 0 Å². The lowest BCUT2D eigenvalue weighted by Gasteiger charge is -1.86. The number of nitrogens with two attached hydrogens (primary N) is 1. The van der Waals surface area contributed by atoms with Crippen molar-refractivity contribution in [3.8, 4) is 0 Å². The Labute approximate surface area is 55.6 Å². The minimum atomic E-state index is 0.840. The van der Waals surface area contributed by atoms with Gasteiger partial charge in [0.1, 0.15) is 0 Å². The zero-order valence-electron chi connectivity index (χ0n) is 5.59. The molecular formula is C8H11N. The molecule has 0 aromatic rings. The highest BCUT2D eigenvalue weighted by Crippen LogP contribution is 2.06. The van der Waals surface area contributed by atoms with E-state index in [0.717, 1.165) is 12.1 Å². The molecule has 0 atom stereocenters. The highest BCUT2D eigenvalue weighted by molar-refractivity contribution is 5.27. The van der Waals surface area contributed by atoms with Crippen molar-refractivity contribution in [2.24, 2.45) is 5.73 Å². The summed E-state index contributed by atoms with van der Waals surface area (Å²) in [5, 5.41) is 0. The fourth-order valence-corrected chi connectivity index (χ4v) is 0.743. The van der Waals surface area contributed by atoms with Gasteiger partial charge in [-0.2, -0.15) is 0 Å². The van der Waals surface area contributed by atoms with Gasteiger partial charge in [0.2, 0.25) is 0 Å². The molecule has 0 saturated carbocycles. The van der Waals surface area contributed by atoms with Gasteiger partial charge in [0, 0.05) is 5.70 Å². The maximum atomic E-state index is 5.53. The lowest BCUT2D eigenvalue weighted by molar-refractivity contribution is 1.22. The largest absolute Gasteiger partial charge is 0.399 e. The molecule has 0 bridgehead atoms. The van der Waals surface area contributed by atoms with Gasteiger partial charge in [-0.1, -0.05) is 17.7 Å². The summed E-state index contributed by atoms with van der Waals surface area (Å²) in [7, 11) is 0. The summed E-state index contributed by atoms with van der Waals surface area (Å²) in [4.78, 5) is 0. The highest BCUT2D eigenvalue weighted by Gasteiger charge is 1.88. The molecule has 0 fully saturated rings. The quantitative estimate of drug-likeness (QED) is 0.519. The fourth-order valence-electron chi connectivity index (χ4n) is 0.743. The number of rotatable bonds is 0. The van der Waals surface area contributed by atoms with Crippen LogP contribution in [0, 0.1) is 0 Å². The minimum Gasteiger partial charge on any atom is -0.399 e. The van der Waals surface area contributed by atoms with Crippen molar-refractivity contribution < 1.29 is 0 Å². The maximum Gasteiger partial charge on any atom is 0.0310 e. The molecule has 0 aromatic carbocycles. The van der Waals surface area contributed by atoms with E-state index in [-0.39, 0.29) is 0 Å². The Bertz CT molecular complexity index is 185. The van der Waals surface area contributed by atoms with Crippen molar-refractivity contribution in [2.75, 3.05) is 0 Å². The third kappa shape index (κ3) is 1.76. The summed E-state index contributed by atoms with van der Waals surface area (Å²) >= 11 is 0. The predicted octanol–water partition coefficient (Wildman–Crippen LogP) is 1.74. The lowest BCUT2D eigenvalue weighted by atomic mass is 10.2. The number of allylic oxidation sites excluding steroid dienone is 5. The summed E-state index contributed by atoms with van der Waals surface area (Å²) in [5.41, 5.74) is 7.72. The standard InChI is InChI=1S/C8H11N/c1-7-3-2-4-8(9)6-5-7/h2,4-6H,3,9H2,1H3. The molecule has 1 nitrogen and oxygen atoms in total. The summed E-state index contributed by atoms with van der Waals surface area (Å²) in [5.74, 6) is 0. The molecule has 0 radical (unpaired) electrons. The zero-order valence-corrected chi connectivity index (χ0v) is 5.59. The van der Waals surface area contributed by atoms with Crippen LogP contribution < -0.4 is 5.73 Å². The molecule has 0 aromatic heterocycles. The molecule has 1 aliphatic carbocycles. The Kier molecular flexibility index (Phi) is 1.73. The SMILES string of the molecule is CC1=CC=C(N)C=CC1. The van der Waals surface area contributed by atoms with Crippen LogP contribution in [0.4, 0.5) is 0 Å². The van der Waals surface area contributed by atoms with Crippen LogP contribution in [-0.2, 0) is 0 Å². The molecule has 0 heterocycles. The zero-order chi connectivity index (χ0) is 6.69. The average molecular weight is 121 g/mol. The molecule has 9 heavy (non-hydrogen) atoms. The first-order chi connectivity index (χ1) is 4.29. The van der Waals surface area contributed by atoms with Crippen LogP contribution in [0.3, 0.4) is 0 Å². The minimum absolute atomic E-state index is 0.840. The van der Waals surface area contributed by atoms with Crippen LogP contribution in [-0.4, -0.2) is 0 Å². The van der Waals surface area contributed by atoms with E-state index in [1.807, 2.05) is 12.2 Å². The van der Waals surface area contributed by atoms with Crippen LogP contribution >= 0.6 is 0 Å². The molecule has 1 heteroatoms. The summed E-state index contributed by atoms with van der Waals surface area (Å²) in [6.07, 6.45) is 9.02. The number of hydrogen-bond acceptors (Lipinski definition) is 1. The van der Waals surface area contributed by atoms with Gasteiger partial charge in [-0.25, -0.2) is 0 Å². The van der Waals surface area contributed by atoms with Crippen LogP contribution in [0.5, 0.6) is 0 Å². The summed E-state index contributed by atoms with van der Waals surface area (Å²) < 4.78 is 0. The van der Waals surface area contributed by atoms with Crippen molar-refractivity contribution >= 4 is 0 Å². The third-order valence-corrected chi connectivity index (χ3v) is 1.31. The second-order valence-corrected chi connectivity index (χ2v) is 2.29. The molecule has 2 N–H and O–H groups in total. The second kappa shape index (κ2) is 2.53. The third-order valence-electron chi connectivity index (χ3n) is 1.31. The van der Waals surface area contributed by atoms with E-state index in [9.17, 15) is 0 Å². The van der Waals surface area contributed by atoms with Gasteiger partial charge in [0.15, 0.2) is 0 Å². The molecule has 1 aliphatic rings. The van der Waals surface area contributed by atoms with E-state index in [4.69, 9.17) is 5.73 Å². The Balaban J connectivity index is 2.80. The molecule has 1 rings (SSSR count). The Morgan fingerprint density at radius 1 is 1.44 bits per heavy atom. The van der Waals surface area contributed by atoms with Crippen LogP contribution in [0.25, 0.3) is 0 Å². The van der Waals surface area contributed by atoms with Crippen molar-refractivity contribution in [3.63, 3.8) is 0 Å².